The highest BCUT2D eigenvalue weighted by atomic mass is 15.1. The molecule has 0 saturated heterocycles. The van der Waals surface area contributed by atoms with Crippen LogP contribution in [0.4, 0.5) is 17.1 Å². The third-order valence-corrected chi connectivity index (χ3v) is 18.8. The molecule has 2 aromatic heterocycles. The van der Waals surface area contributed by atoms with Crippen molar-refractivity contribution in [2.24, 2.45) is 0 Å². The van der Waals surface area contributed by atoms with E-state index in [4.69, 9.17) is 0 Å². The highest BCUT2D eigenvalue weighted by molar-refractivity contribution is 6.17. The molecule has 0 atom stereocenters. The van der Waals surface area contributed by atoms with E-state index in [9.17, 15) is 0 Å². The van der Waals surface area contributed by atoms with E-state index < -0.39 is 5.41 Å². The van der Waals surface area contributed by atoms with Crippen molar-refractivity contribution in [3.8, 4) is 55.9 Å². The second-order valence-corrected chi connectivity index (χ2v) is 23.5. The van der Waals surface area contributed by atoms with Crippen LogP contribution >= 0.6 is 0 Å². The summed E-state index contributed by atoms with van der Waals surface area (Å²) in [4.78, 5) is 2.44. The highest BCUT2D eigenvalue weighted by Gasteiger charge is 2.47. The van der Waals surface area contributed by atoms with Crippen LogP contribution in [0.5, 0.6) is 0 Å². The summed E-state index contributed by atoms with van der Waals surface area (Å²) >= 11 is 0. The maximum Gasteiger partial charge on any atom is 0.0719 e. The molecule has 17 rings (SSSR count). The van der Waals surface area contributed by atoms with Gasteiger partial charge in [-0.15, -0.1) is 0 Å². The van der Waals surface area contributed by atoms with Gasteiger partial charge in [-0.25, -0.2) is 0 Å². The van der Waals surface area contributed by atoms with Crippen molar-refractivity contribution in [2.75, 3.05) is 4.90 Å². The molecule has 15 aromatic rings. The van der Waals surface area contributed by atoms with Gasteiger partial charge in [-0.1, -0.05) is 250 Å². The first-order valence-corrected chi connectivity index (χ1v) is 29.7. The first kappa shape index (κ1) is 48.9. The number of para-hydroxylation sites is 2. The van der Waals surface area contributed by atoms with E-state index in [0.717, 1.165) is 50.5 Å². The Hall–Kier alpha value is -10.7. The van der Waals surface area contributed by atoms with Crippen molar-refractivity contribution >= 4 is 60.7 Å². The highest BCUT2D eigenvalue weighted by Crippen LogP contribution is 2.59. The summed E-state index contributed by atoms with van der Waals surface area (Å²) < 4.78 is 5.01. The average molecular weight is 1080 g/mol. The molecule has 0 saturated carbocycles. The van der Waals surface area contributed by atoms with Crippen molar-refractivity contribution < 1.29 is 0 Å². The molecule has 0 aliphatic heterocycles. The van der Waals surface area contributed by atoms with E-state index in [1.54, 1.807) is 0 Å². The number of rotatable bonds is 9. The van der Waals surface area contributed by atoms with Gasteiger partial charge in [-0.2, -0.15) is 0 Å². The van der Waals surface area contributed by atoms with Crippen LogP contribution in [0.3, 0.4) is 0 Å². The number of hydrogen-bond acceptors (Lipinski definition) is 1. The second kappa shape index (κ2) is 18.9. The molecule has 3 heteroatoms. The minimum Gasteiger partial charge on any atom is -0.310 e. The Bertz CT molecular complexity index is 5090. The molecule has 13 aromatic carbocycles. The van der Waals surface area contributed by atoms with Crippen LogP contribution < -0.4 is 4.90 Å². The summed E-state index contributed by atoms with van der Waals surface area (Å²) in [5.41, 5.74) is 27.2. The molecule has 0 N–H and O–H groups in total. The molecule has 3 nitrogen and oxygen atoms in total. The third-order valence-electron chi connectivity index (χ3n) is 18.8. The predicted molar refractivity (Wildman–Crippen MR) is 356 cm³/mol. The Balaban J connectivity index is 0.897. The zero-order valence-corrected chi connectivity index (χ0v) is 47.3. The predicted octanol–water partition coefficient (Wildman–Crippen LogP) is 21.4. The van der Waals surface area contributed by atoms with Gasteiger partial charge in [0.2, 0.25) is 0 Å². The van der Waals surface area contributed by atoms with Gasteiger partial charge in [0.15, 0.2) is 0 Å². The van der Waals surface area contributed by atoms with E-state index in [2.05, 4.69) is 337 Å². The molecule has 2 aliphatic carbocycles. The zero-order chi connectivity index (χ0) is 56.4. The van der Waals surface area contributed by atoms with Crippen LogP contribution in [0.2, 0.25) is 0 Å². The second-order valence-electron chi connectivity index (χ2n) is 23.5. The van der Waals surface area contributed by atoms with E-state index in [1.165, 1.54) is 99.4 Å². The summed E-state index contributed by atoms with van der Waals surface area (Å²) in [7, 11) is 0. The molecule has 2 heterocycles. The molecule has 0 spiro atoms. The Morgan fingerprint density at radius 1 is 0.282 bits per heavy atom. The summed E-state index contributed by atoms with van der Waals surface area (Å²) in [6.07, 6.45) is 0. The van der Waals surface area contributed by atoms with Crippen LogP contribution in [-0.4, -0.2) is 9.13 Å². The average Bonchev–Trinajstić information content (AvgIpc) is 1.71. The van der Waals surface area contributed by atoms with E-state index in [0.29, 0.717) is 0 Å². The first-order chi connectivity index (χ1) is 41.9. The van der Waals surface area contributed by atoms with Gasteiger partial charge >= 0.3 is 0 Å². The number of benzene rings is 13. The summed E-state index contributed by atoms with van der Waals surface area (Å²) in [6, 6.07) is 115. The minimum atomic E-state index is -0.549. The summed E-state index contributed by atoms with van der Waals surface area (Å²) in [5.74, 6) is 0. The molecule has 400 valence electrons. The van der Waals surface area contributed by atoms with E-state index >= 15 is 0 Å². The number of fused-ring (bicyclic) bond motifs is 12. The lowest BCUT2D eigenvalue weighted by Crippen LogP contribution is -2.29. The Labute approximate surface area is 495 Å². The van der Waals surface area contributed by atoms with Crippen LogP contribution in [0, 0.1) is 0 Å². The molecule has 0 fully saturated rings. The quantitative estimate of drug-likeness (QED) is 0.140. The van der Waals surface area contributed by atoms with E-state index in [1.807, 2.05) is 0 Å². The van der Waals surface area contributed by atoms with Crippen molar-refractivity contribution in [1.82, 2.24) is 9.13 Å². The smallest absolute Gasteiger partial charge is 0.0719 e. The zero-order valence-electron chi connectivity index (χ0n) is 47.3. The SMILES string of the molecule is CC1(C)c2ccccc2-c2ccc(N(c3ccccc3)c3ccc4c5c(-c6ccccc6)cccc5n(-c5ccc6c7ccc(-c8cccc9c8C(c8ccccc8)(c8ccccc8)c8ccccc8-9)cc7n(-c7ccccc7)c6c5)c4c3)cc21. The molecule has 0 bridgehead atoms. The van der Waals surface area contributed by atoms with Crippen LogP contribution in [0.1, 0.15) is 47.2 Å². The maximum absolute atomic E-state index is 2.52. The van der Waals surface area contributed by atoms with Crippen molar-refractivity contribution in [3.63, 3.8) is 0 Å². The van der Waals surface area contributed by atoms with Gasteiger partial charge < -0.3 is 14.0 Å². The molecule has 0 unspecified atom stereocenters. The first-order valence-electron chi connectivity index (χ1n) is 29.7. The molecule has 85 heavy (non-hydrogen) atoms. The topological polar surface area (TPSA) is 13.1 Å². The number of anilines is 3. The Morgan fingerprint density at radius 3 is 1.52 bits per heavy atom. The van der Waals surface area contributed by atoms with Gasteiger partial charge in [-0.05, 0) is 151 Å². The van der Waals surface area contributed by atoms with E-state index in [-0.39, 0.29) is 5.41 Å². The van der Waals surface area contributed by atoms with Gasteiger partial charge in [0.05, 0.1) is 27.5 Å². The van der Waals surface area contributed by atoms with Gasteiger partial charge in [0.25, 0.3) is 0 Å². The monoisotopic (exact) mass is 1080 g/mol. The Morgan fingerprint density at radius 2 is 0.788 bits per heavy atom. The fourth-order valence-corrected chi connectivity index (χ4v) is 15.1. The number of aromatic nitrogens is 2. The van der Waals surface area contributed by atoms with Crippen molar-refractivity contribution in [1.29, 1.82) is 0 Å². The van der Waals surface area contributed by atoms with Crippen molar-refractivity contribution in [2.45, 2.75) is 24.7 Å². The minimum absolute atomic E-state index is 0.151. The largest absolute Gasteiger partial charge is 0.310 e. The summed E-state index contributed by atoms with van der Waals surface area (Å²) in [6.45, 7) is 4.73. The van der Waals surface area contributed by atoms with Crippen LogP contribution in [-0.2, 0) is 10.8 Å². The fraction of sp³-hybridized carbons (Fsp3) is 0.0488. The fourth-order valence-electron chi connectivity index (χ4n) is 15.1. The summed E-state index contributed by atoms with van der Waals surface area (Å²) in [5, 5.41) is 4.83. The lowest BCUT2D eigenvalue weighted by molar-refractivity contribution is 0.660. The van der Waals surface area contributed by atoms with Crippen molar-refractivity contribution in [3.05, 3.63) is 343 Å². The van der Waals surface area contributed by atoms with Crippen LogP contribution in [0.25, 0.3) is 99.5 Å². The third kappa shape index (κ3) is 7.20. The maximum atomic E-state index is 2.52. The molecule has 0 amide bonds. The molecular weight excluding hydrogens is 1030 g/mol. The number of hydrogen-bond donors (Lipinski definition) is 0. The lowest BCUT2D eigenvalue weighted by atomic mass is 9.66. The lowest BCUT2D eigenvalue weighted by Gasteiger charge is -2.35. The standard InChI is InChI=1S/C82H57N3/c1-81(2)72-39-20-18-34-65(72)67-47-43-60(51-74(67)81)83(58-30-14-6-15-31-58)61-45-49-71-78(52-61)85(75-41-23-36-63(79(71)75)54-24-8-3-9-25-54)62-44-48-69-68-46-42-55(50-76(68)84(77(69)53-62)59-32-16-7-17-33-59)64-37-22-38-70-66-35-19-21-40-73(66)82(80(64)70,56-26-10-4-11-27-56)57-28-12-5-13-29-57/h3-53H,1-2H3. The number of nitrogens with zero attached hydrogens (tertiary/aromatic N) is 3. The molecular formula is C82H57N3. The Kier molecular flexibility index (Phi) is 10.9. The van der Waals surface area contributed by atoms with Crippen LogP contribution in [0.15, 0.2) is 309 Å². The van der Waals surface area contributed by atoms with Gasteiger partial charge in [-0.3, -0.25) is 0 Å². The molecule has 2 aliphatic rings. The molecule has 0 radical (unpaired) electrons. The normalized spacial score (nSPS) is 13.5. The van der Waals surface area contributed by atoms with Gasteiger partial charge in [0.1, 0.15) is 0 Å². The van der Waals surface area contributed by atoms with Gasteiger partial charge in [0, 0.05) is 55.4 Å².